The number of cyclic esters (lactones) is 1. The zero-order chi connectivity index (χ0) is 25.2. The van der Waals surface area contributed by atoms with Gasteiger partial charge in [0, 0.05) is 30.3 Å². The van der Waals surface area contributed by atoms with E-state index in [-0.39, 0.29) is 23.2 Å². The lowest BCUT2D eigenvalue weighted by molar-refractivity contribution is -0.0504. The Morgan fingerprint density at radius 2 is 1.97 bits per heavy atom. The van der Waals surface area contributed by atoms with E-state index >= 15 is 0 Å². The number of pyridine rings is 1. The van der Waals surface area contributed by atoms with Crippen molar-refractivity contribution in [3.8, 4) is 11.5 Å². The molecule has 2 aromatic heterocycles. The lowest BCUT2D eigenvalue weighted by Gasteiger charge is -2.14. The molecule has 0 radical (unpaired) electrons. The predicted octanol–water partition coefficient (Wildman–Crippen LogP) is 5.96. The van der Waals surface area contributed by atoms with Gasteiger partial charge in [-0.2, -0.15) is 8.78 Å². The van der Waals surface area contributed by atoms with E-state index in [0.717, 1.165) is 0 Å². The van der Waals surface area contributed by atoms with Crippen LogP contribution in [0.5, 0.6) is 11.5 Å². The van der Waals surface area contributed by atoms with Crippen LogP contribution < -0.4 is 14.4 Å². The van der Waals surface area contributed by atoms with Crippen molar-refractivity contribution in [1.82, 2.24) is 9.38 Å². The Bertz CT molecular complexity index is 1430. The van der Waals surface area contributed by atoms with Gasteiger partial charge >= 0.3 is 12.7 Å². The minimum absolute atomic E-state index is 0.0159. The van der Waals surface area contributed by atoms with Crippen LogP contribution >= 0.6 is 15.9 Å². The fraction of sp³-hybridized carbons (Fsp3) is 0.200. The number of fused-ring (bicyclic) bond motifs is 1. The van der Waals surface area contributed by atoms with Gasteiger partial charge in [0.2, 0.25) is 0 Å². The molecule has 7 nitrogen and oxygen atoms in total. The zero-order valence-electron chi connectivity index (χ0n) is 18.7. The second-order valence-corrected chi connectivity index (χ2v) is 8.77. The average Bonchev–Trinajstić information content (AvgIpc) is 3.42. The molecule has 2 aromatic carbocycles. The first kappa shape index (κ1) is 24.0. The van der Waals surface area contributed by atoms with E-state index in [4.69, 9.17) is 9.47 Å². The monoisotopic (exact) mass is 561 g/mol. The number of hydrogen-bond donors (Lipinski definition) is 0. The fourth-order valence-electron chi connectivity index (χ4n) is 4.00. The number of benzene rings is 2. The molecule has 0 atom stereocenters. The van der Waals surface area contributed by atoms with Crippen molar-refractivity contribution in [3.63, 3.8) is 0 Å². The maximum absolute atomic E-state index is 14.2. The highest BCUT2D eigenvalue weighted by molar-refractivity contribution is 9.10. The van der Waals surface area contributed by atoms with E-state index in [9.17, 15) is 18.0 Å². The summed E-state index contributed by atoms with van der Waals surface area (Å²) < 4.78 is 57.7. The van der Waals surface area contributed by atoms with Crippen molar-refractivity contribution in [3.05, 3.63) is 88.0 Å². The summed E-state index contributed by atoms with van der Waals surface area (Å²) in [5, 5.41) is 0. The summed E-state index contributed by atoms with van der Waals surface area (Å²) in [6.07, 6.45) is 1.29. The Hall–Kier alpha value is -3.73. The van der Waals surface area contributed by atoms with Gasteiger partial charge in [0.05, 0.1) is 22.4 Å². The van der Waals surface area contributed by atoms with Crippen molar-refractivity contribution < 1.29 is 32.2 Å². The quantitative estimate of drug-likeness (QED) is 0.265. The van der Waals surface area contributed by atoms with Crippen LogP contribution in [0.15, 0.2) is 65.3 Å². The molecule has 1 aliphatic heterocycles. The molecule has 186 valence electrons. The van der Waals surface area contributed by atoms with Gasteiger partial charge < -0.3 is 18.6 Å². The number of ether oxygens (including phenoxy) is 3. The molecule has 0 spiro atoms. The number of anilines is 1. The summed E-state index contributed by atoms with van der Waals surface area (Å²) in [7, 11) is 0. The highest BCUT2D eigenvalue weighted by atomic mass is 79.9. The number of para-hydroxylation sites is 1. The summed E-state index contributed by atoms with van der Waals surface area (Å²) in [5.41, 5.74) is 2.59. The summed E-state index contributed by atoms with van der Waals surface area (Å²) in [6, 6.07) is 14.7. The SMILES string of the molecule is O=C1OCCN1c1cccc(OCc2nc3cc(F)c(Br)cn3c2Cc2ccccc2OC(F)F)c1. The highest BCUT2D eigenvalue weighted by Crippen LogP contribution is 2.29. The molecule has 0 unspecified atom stereocenters. The van der Waals surface area contributed by atoms with Gasteiger partial charge in [-0.15, -0.1) is 0 Å². The second kappa shape index (κ2) is 10.1. The first-order valence-electron chi connectivity index (χ1n) is 10.9. The molecule has 5 rings (SSSR count). The molecule has 1 amide bonds. The molecule has 1 saturated heterocycles. The molecule has 11 heteroatoms. The van der Waals surface area contributed by atoms with Crippen LogP contribution in [0.25, 0.3) is 5.65 Å². The minimum atomic E-state index is -2.97. The highest BCUT2D eigenvalue weighted by Gasteiger charge is 2.24. The number of rotatable bonds is 8. The van der Waals surface area contributed by atoms with Gasteiger partial charge in [-0.05, 0) is 34.1 Å². The first-order valence-corrected chi connectivity index (χ1v) is 11.7. The van der Waals surface area contributed by atoms with Gasteiger partial charge in [0.15, 0.2) is 0 Å². The largest absolute Gasteiger partial charge is 0.487 e. The summed E-state index contributed by atoms with van der Waals surface area (Å²) in [4.78, 5) is 17.9. The summed E-state index contributed by atoms with van der Waals surface area (Å²) in [5.74, 6) is 0.0443. The number of halogens is 4. The van der Waals surface area contributed by atoms with Crippen molar-refractivity contribution in [1.29, 1.82) is 0 Å². The lowest BCUT2D eigenvalue weighted by Crippen LogP contribution is -2.23. The smallest absolute Gasteiger partial charge is 0.414 e. The minimum Gasteiger partial charge on any atom is -0.487 e. The lowest BCUT2D eigenvalue weighted by atomic mass is 10.1. The van der Waals surface area contributed by atoms with E-state index in [2.05, 4.69) is 25.7 Å². The van der Waals surface area contributed by atoms with E-state index in [1.54, 1.807) is 46.9 Å². The summed E-state index contributed by atoms with van der Waals surface area (Å²) >= 11 is 3.19. The molecule has 1 fully saturated rings. The molecule has 0 saturated carbocycles. The predicted molar refractivity (Wildman–Crippen MR) is 128 cm³/mol. The van der Waals surface area contributed by atoms with E-state index < -0.39 is 18.5 Å². The standard InChI is InChI=1S/C25H19BrF3N3O4/c26-18-13-32-21(10-15-4-1-2-7-22(15)36-24(28)29)20(30-23(32)12-19(18)27)14-35-17-6-3-5-16(11-17)31-8-9-34-25(31)33/h1-7,11-13,24H,8-10,14H2. The molecule has 0 bridgehead atoms. The van der Waals surface area contributed by atoms with Crippen LogP contribution in [0.1, 0.15) is 17.0 Å². The number of carbonyl (C=O) groups is 1. The van der Waals surface area contributed by atoms with Crippen LogP contribution in [0.4, 0.5) is 23.7 Å². The first-order chi connectivity index (χ1) is 17.4. The Kier molecular flexibility index (Phi) is 6.73. The van der Waals surface area contributed by atoms with E-state index in [1.165, 1.54) is 23.2 Å². The fourth-order valence-corrected chi connectivity index (χ4v) is 4.32. The molecule has 3 heterocycles. The molecule has 0 N–H and O–H groups in total. The molecular formula is C25H19BrF3N3O4. The molecule has 36 heavy (non-hydrogen) atoms. The van der Waals surface area contributed by atoms with Crippen molar-refractivity contribution in [2.75, 3.05) is 18.1 Å². The maximum atomic E-state index is 14.2. The number of alkyl halides is 2. The number of aromatic nitrogens is 2. The van der Waals surface area contributed by atoms with Crippen LogP contribution in [0, 0.1) is 5.82 Å². The molecule has 1 aliphatic rings. The normalized spacial score (nSPS) is 13.5. The maximum Gasteiger partial charge on any atom is 0.414 e. The zero-order valence-corrected chi connectivity index (χ0v) is 20.3. The number of nitrogens with zero attached hydrogens (tertiary/aromatic N) is 3. The van der Waals surface area contributed by atoms with Crippen LogP contribution in [0.3, 0.4) is 0 Å². The Morgan fingerprint density at radius 3 is 2.75 bits per heavy atom. The van der Waals surface area contributed by atoms with Crippen LogP contribution in [0.2, 0.25) is 0 Å². The van der Waals surface area contributed by atoms with Crippen molar-refractivity contribution >= 4 is 33.4 Å². The Balaban J connectivity index is 1.47. The van der Waals surface area contributed by atoms with Gasteiger partial charge in [-0.1, -0.05) is 24.3 Å². The van der Waals surface area contributed by atoms with Crippen LogP contribution in [-0.2, 0) is 17.8 Å². The molecular weight excluding hydrogens is 543 g/mol. The molecule has 0 aliphatic carbocycles. The topological polar surface area (TPSA) is 65.3 Å². The van der Waals surface area contributed by atoms with Gasteiger partial charge in [-0.3, -0.25) is 4.90 Å². The van der Waals surface area contributed by atoms with Crippen LogP contribution in [-0.4, -0.2) is 35.2 Å². The third kappa shape index (κ3) is 4.97. The van der Waals surface area contributed by atoms with E-state index in [1.807, 2.05) is 0 Å². The second-order valence-electron chi connectivity index (χ2n) is 7.92. The van der Waals surface area contributed by atoms with Gasteiger partial charge in [0.1, 0.15) is 41.9 Å². The summed E-state index contributed by atoms with van der Waals surface area (Å²) in [6.45, 7) is -2.20. The third-order valence-electron chi connectivity index (χ3n) is 5.66. The van der Waals surface area contributed by atoms with Crippen molar-refractivity contribution in [2.24, 2.45) is 0 Å². The van der Waals surface area contributed by atoms with Gasteiger partial charge in [-0.25, -0.2) is 14.2 Å². The Morgan fingerprint density at radius 1 is 1.14 bits per heavy atom. The number of imidazole rings is 1. The number of amides is 1. The van der Waals surface area contributed by atoms with Crippen molar-refractivity contribution in [2.45, 2.75) is 19.6 Å². The third-order valence-corrected chi connectivity index (χ3v) is 6.24. The number of carbonyl (C=O) groups excluding carboxylic acids is 1. The van der Waals surface area contributed by atoms with Gasteiger partial charge in [0.25, 0.3) is 0 Å². The number of hydrogen-bond acceptors (Lipinski definition) is 5. The average molecular weight is 562 g/mol. The van der Waals surface area contributed by atoms with E-state index in [0.29, 0.717) is 47.2 Å². The molecule has 4 aromatic rings. The Labute approximate surface area is 212 Å².